The summed E-state index contributed by atoms with van der Waals surface area (Å²) in [6.45, 7) is 11.7. The molecule has 0 bridgehead atoms. The first-order valence-electron chi connectivity index (χ1n) is 22.8. The molecule has 0 saturated heterocycles. The van der Waals surface area contributed by atoms with Crippen molar-refractivity contribution in [3.8, 4) is 44.5 Å². The Balaban J connectivity index is 1.16. The highest BCUT2D eigenvalue weighted by Crippen LogP contribution is 2.55. The van der Waals surface area contributed by atoms with E-state index in [1.165, 1.54) is 66.1 Å². The molecule has 1 aliphatic rings. The molecule has 0 radical (unpaired) electrons. The van der Waals surface area contributed by atoms with E-state index in [0.29, 0.717) is 0 Å². The Morgan fingerprint density at radius 1 is 0.431 bits per heavy atom. The molecule has 12 rings (SSSR count). The second-order valence-corrected chi connectivity index (χ2v) is 19.3. The molecule has 0 aliphatic heterocycles. The first-order valence-corrected chi connectivity index (χ1v) is 22.8. The molecule has 0 saturated carbocycles. The van der Waals surface area contributed by atoms with Gasteiger partial charge in [0.2, 0.25) is 0 Å². The molecule has 0 unspecified atom stereocenters. The minimum absolute atomic E-state index is 0.0993. The van der Waals surface area contributed by atoms with Crippen LogP contribution < -0.4 is 4.90 Å². The van der Waals surface area contributed by atoms with Gasteiger partial charge >= 0.3 is 0 Å². The predicted octanol–water partition coefficient (Wildman–Crippen LogP) is 18.0. The number of hydrogen-bond acceptors (Lipinski definition) is 2. The van der Waals surface area contributed by atoms with E-state index in [1.54, 1.807) is 0 Å². The largest absolute Gasteiger partial charge is 0.455 e. The van der Waals surface area contributed by atoms with Crippen LogP contribution in [0.2, 0.25) is 0 Å². The molecule has 0 spiro atoms. The Bertz CT molecular complexity index is 3660. The summed E-state index contributed by atoms with van der Waals surface area (Å²) in [5, 5.41) is 7.15. The minimum Gasteiger partial charge on any atom is -0.455 e. The topological polar surface area (TPSA) is 16.4 Å². The maximum atomic E-state index is 6.53. The highest BCUT2D eigenvalue weighted by molar-refractivity contribution is 6.13. The van der Waals surface area contributed by atoms with Crippen molar-refractivity contribution in [1.82, 2.24) is 0 Å². The fourth-order valence-corrected chi connectivity index (χ4v) is 10.8. The van der Waals surface area contributed by atoms with E-state index in [2.05, 4.69) is 240 Å². The monoisotopic (exact) mass is 835 g/mol. The van der Waals surface area contributed by atoms with Crippen LogP contribution in [0.5, 0.6) is 0 Å². The van der Waals surface area contributed by atoms with E-state index in [9.17, 15) is 0 Å². The number of anilines is 3. The van der Waals surface area contributed by atoms with Crippen molar-refractivity contribution < 1.29 is 4.42 Å². The quantitative estimate of drug-likeness (QED) is 0.166. The number of hydrogen-bond donors (Lipinski definition) is 0. The van der Waals surface area contributed by atoms with Gasteiger partial charge in [-0.1, -0.05) is 211 Å². The highest BCUT2D eigenvalue weighted by atomic mass is 16.3. The Labute approximate surface area is 381 Å². The maximum absolute atomic E-state index is 6.53. The first kappa shape index (κ1) is 39.0. The van der Waals surface area contributed by atoms with Crippen molar-refractivity contribution in [1.29, 1.82) is 0 Å². The zero-order valence-electron chi connectivity index (χ0n) is 37.5. The lowest BCUT2D eigenvalue weighted by atomic mass is 9.80. The van der Waals surface area contributed by atoms with Crippen molar-refractivity contribution in [3.63, 3.8) is 0 Å². The van der Waals surface area contributed by atoms with Gasteiger partial charge in [-0.05, 0) is 96.4 Å². The van der Waals surface area contributed by atoms with Crippen LogP contribution >= 0.6 is 0 Å². The Morgan fingerprint density at radius 3 is 1.85 bits per heavy atom. The second-order valence-electron chi connectivity index (χ2n) is 19.3. The predicted molar refractivity (Wildman–Crippen MR) is 276 cm³/mol. The lowest BCUT2D eigenvalue weighted by Gasteiger charge is -2.34. The molecule has 0 atom stereocenters. The second kappa shape index (κ2) is 14.7. The standard InChI is InChI=1S/C63H49NO/c1-62(2,3)56-39-52(40-18-7-6-8-19-40)60(50-25-12-11-22-47(50)56)64(44-35-36-55-53(38-44)48-23-13-15-28-54(48)63(55,4)5)57-37-34-41-20-9-10-21-45(41)59(57)43-32-30-42(31-33-43)46-26-17-27-51-49-24-14-16-29-58(49)65-61(46)51/h6-39H,1-5H3. The van der Waals surface area contributed by atoms with Crippen LogP contribution in [-0.4, -0.2) is 0 Å². The van der Waals surface area contributed by atoms with Gasteiger partial charge in [0, 0.05) is 44.0 Å². The van der Waals surface area contributed by atoms with Crippen LogP contribution in [0.1, 0.15) is 51.3 Å². The number of benzene rings is 10. The molecule has 2 nitrogen and oxygen atoms in total. The maximum Gasteiger partial charge on any atom is 0.143 e. The third kappa shape index (κ3) is 6.15. The molecule has 1 heterocycles. The smallest absolute Gasteiger partial charge is 0.143 e. The van der Waals surface area contributed by atoms with Gasteiger partial charge < -0.3 is 9.32 Å². The van der Waals surface area contributed by atoms with Gasteiger partial charge in [-0.2, -0.15) is 0 Å². The van der Waals surface area contributed by atoms with Crippen molar-refractivity contribution in [2.45, 2.75) is 45.4 Å². The fourth-order valence-electron chi connectivity index (χ4n) is 10.8. The van der Waals surface area contributed by atoms with Gasteiger partial charge in [-0.15, -0.1) is 0 Å². The Kier molecular flexibility index (Phi) is 8.80. The molecule has 0 amide bonds. The van der Waals surface area contributed by atoms with Gasteiger partial charge in [0.25, 0.3) is 0 Å². The van der Waals surface area contributed by atoms with Gasteiger partial charge in [-0.25, -0.2) is 0 Å². The van der Waals surface area contributed by atoms with Crippen LogP contribution in [0.15, 0.2) is 211 Å². The molecule has 0 N–H and O–H groups in total. The summed E-state index contributed by atoms with van der Waals surface area (Å²) in [4.78, 5) is 2.58. The summed E-state index contributed by atoms with van der Waals surface area (Å²) in [5.74, 6) is 0. The van der Waals surface area contributed by atoms with Crippen molar-refractivity contribution in [3.05, 3.63) is 223 Å². The van der Waals surface area contributed by atoms with Crippen LogP contribution in [0.3, 0.4) is 0 Å². The number of rotatable bonds is 6. The van der Waals surface area contributed by atoms with Gasteiger partial charge in [-0.3, -0.25) is 0 Å². The molecular formula is C63H49NO. The van der Waals surface area contributed by atoms with Crippen LogP contribution in [0, 0.1) is 0 Å². The summed E-state index contributed by atoms with van der Waals surface area (Å²) in [6, 6.07) is 76.1. The molecule has 11 aromatic rings. The van der Waals surface area contributed by atoms with Crippen molar-refractivity contribution in [2.24, 2.45) is 0 Å². The summed E-state index contributed by atoms with van der Waals surface area (Å²) >= 11 is 0. The van der Waals surface area contributed by atoms with Crippen molar-refractivity contribution >= 4 is 60.5 Å². The van der Waals surface area contributed by atoms with E-state index in [1.807, 2.05) is 6.07 Å². The van der Waals surface area contributed by atoms with Crippen molar-refractivity contribution in [2.75, 3.05) is 4.90 Å². The zero-order chi connectivity index (χ0) is 44.0. The molecule has 1 aromatic heterocycles. The van der Waals surface area contributed by atoms with E-state index < -0.39 is 0 Å². The van der Waals surface area contributed by atoms with Gasteiger partial charge in [0.1, 0.15) is 11.2 Å². The molecule has 0 fully saturated rings. The van der Waals surface area contributed by atoms with Gasteiger partial charge in [0.15, 0.2) is 0 Å². The highest BCUT2D eigenvalue weighted by Gasteiger charge is 2.36. The Hall–Kier alpha value is -7.68. The van der Waals surface area contributed by atoms with Crippen LogP contribution in [-0.2, 0) is 10.8 Å². The molecule has 10 aromatic carbocycles. The molecule has 1 aliphatic carbocycles. The zero-order valence-corrected chi connectivity index (χ0v) is 37.5. The summed E-state index contributed by atoms with van der Waals surface area (Å²) in [5.41, 5.74) is 18.6. The third-order valence-corrected chi connectivity index (χ3v) is 14.0. The van der Waals surface area contributed by atoms with Crippen LogP contribution in [0.4, 0.5) is 17.1 Å². The lowest BCUT2D eigenvalue weighted by Crippen LogP contribution is -2.17. The number of para-hydroxylation sites is 2. The molecule has 65 heavy (non-hydrogen) atoms. The number of fused-ring (bicyclic) bond motifs is 8. The fraction of sp³-hybridized carbons (Fsp3) is 0.111. The van der Waals surface area contributed by atoms with E-state index in [0.717, 1.165) is 55.7 Å². The molecule has 312 valence electrons. The summed E-state index contributed by atoms with van der Waals surface area (Å²) < 4.78 is 6.53. The molecular weight excluding hydrogens is 787 g/mol. The third-order valence-electron chi connectivity index (χ3n) is 14.0. The molecule has 2 heteroatoms. The SMILES string of the molecule is CC(C)(C)c1cc(-c2ccccc2)c(N(c2ccc3c(c2)-c2ccccc2C3(C)C)c2ccc3ccccc3c2-c2ccc(-c3cccc4c3oc3ccccc34)cc2)c2ccccc12. The number of furan rings is 1. The van der Waals surface area contributed by atoms with Gasteiger partial charge in [0.05, 0.1) is 11.4 Å². The average Bonchev–Trinajstić information content (AvgIpc) is 3.83. The summed E-state index contributed by atoms with van der Waals surface area (Å²) in [7, 11) is 0. The normalized spacial score (nSPS) is 13.1. The number of nitrogens with zero attached hydrogens (tertiary/aromatic N) is 1. The first-order chi connectivity index (χ1) is 31.6. The van der Waals surface area contributed by atoms with Crippen LogP contribution in [0.25, 0.3) is 88.0 Å². The Morgan fingerprint density at radius 2 is 1.05 bits per heavy atom. The summed E-state index contributed by atoms with van der Waals surface area (Å²) in [6.07, 6.45) is 0. The average molecular weight is 836 g/mol. The van der Waals surface area contributed by atoms with E-state index in [-0.39, 0.29) is 10.8 Å². The lowest BCUT2D eigenvalue weighted by molar-refractivity contribution is 0.596. The van der Waals surface area contributed by atoms with E-state index in [4.69, 9.17) is 4.42 Å². The van der Waals surface area contributed by atoms with E-state index >= 15 is 0 Å². The minimum atomic E-state index is -0.117.